The molecule has 0 bridgehead atoms. The van der Waals surface area contributed by atoms with Gasteiger partial charge in [0.05, 0.1) is 18.4 Å². The van der Waals surface area contributed by atoms with Gasteiger partial charge in [-0.15, -0.1) is 0 Å². The summed E-state index contributed by atoms with van der Waals surface area (Å²) in [6.45, 7) is 3.20. The van der Waals surface area contributed by atoms with E-state index in [1.54, 1.807) is 18.3 Å². The summed E-state index contributed by atoms with van der Waals surface area (Å²) < 4.78 is 0. The molecule has 0 spiro atoms. The lowest BCUT2D eigenvalue weighted by Crippen LogP contribution is -2.47. The maximum absolute atomic E-state index is 10.8. The number of carboxylic acids is 1. The quantitative estimate of drug-likeness (QED) is 0.692. The summed E-state index contributed by atoms with van der Waals surface area (Å²) in [4.78, 5) is 15.1. The molecule has 0 saturated carbocycles. The molecule has 0 atom stereocenters. The molecule has 1 aliphatic heterocycles. The van der Waals surface area contributed by atoms with E-state index < -0.39 is 5.97 Å². The predicted octanol–water partition coefficient (Wildman–Crippen LogP) is 2.72. The van der Waals surface area contributed by atoms with Crippen LogP contribution < -0.4 is 4.90 Å². The second-order valence-electron chi connectivity index (χ2n) is 7.05. The summed E-state index contributed by atoms with van der Waals surface area (Å²) in [5, 5.41) is 27.2. The highest BCUT2D eigenvalue weighted by molar-refractivity contribution is 5.73. The minimum Gasteiger partial charge on any atom is -0.507 e. The number of rotatable bonds is 5. The van der Waals surface area contributed by atoms with Gasteiger partial charge in [0.25, 0.3) is 0 Å². The summed E-state index contributed by atoms with van der Waals surface area (Å²) in [6.07, 6.45) is 1.71. The molecule has 148 valence electrons. The number of anilines is 1. The average molecular weight is 390 g/mol. The van der Waals surface area contributed by atoms with Crippen LogP contribution in [0.5, 0.6) is 5.75 Å². The minimum absolute atomic E-state index is 0.0983. The Kier molecular flexibility index (Phi) is 5.39. The number of aromatic hydroxyl groups is 1. The maximum atomic E-state index is 10.8. The number of nitrogens with zero attached hydrogens (tertiary/aromatic N) is 4. The molecule has 0 amide bonds. The molecule has 29 heavy (non-hydrogen) atoms. The highest BCUT2D eigenvalue weighted by Gasteiger charge is 2.19. The van der Waals surface area contributed by atoms with E-state index in [1.165, 1.54) is 0 Å². The molecule has 0 radical (unpaired) electrons. The molecule has 4 rings (SSSR count). The Morgan fingerprint density at radius 1 is 0.966 bits per heavy atom. The largest absolute Gasteiger partial charge is 0.507 e. The molecule has 7 heteroatoms. The molecule has 2 aromatic carbocycles. The predicted molar refractivity (Wildman–Crippen MR) is 111 cm³/mol. The van der Waals surface area contributed by atoms with Crippen LogP contribution in [0.4, 0.5) is 5.69 Å². The van der Waals surface area contributed by atoms with E-state index in [-0.39, 0.29) is 12.3 Å². The first kappa shape index (κ1) is 18.9. The van der Waals surface area contributed by atoms with Gasteiger partial charge in [0.15, 0.2) is 0 Å². The molecule has 2 heterocycles. The van der Waals surface area contributed by atoms with Gasteiger partial charge >= 0.3 is 5.97 Å². The normalized spacial score (nSPS) is 14.7. The van der Waals surface area contributed by atoms with E-state index in [9.17, 15) is 9.90 Å². The monoisotopic (exact) mass is 390 g/mol. The Morgan fingerprint density at radius 3 is 2.38 bits per heavy atom. The molecule has 7 nitrogen and oxygen atoms in total. The number of benzene rings is 2. The van der Waals surface area contributed by atoms with E-state index in [0.717, 1.165) is 43.0 Å². The first-order valence-electron chi connectivity index (χ1n) is 9.51. The van der Waals surface area contributed by atoms with Crippen molar-refractivity contribution in [2.24, 2.45) is 0 Å². The highest BCUT2D eigenvalue weighted by atomic mass is 16.4. The topological polar surface area (TPSA) is 89.8 Å². The molecule has 1 fully saturated rings. The Labute approximate surface area is 168 Å². The van der Waals surface area contributed by atoms with E-state index >= 15 is 0 Å². The van der Waals surface area contributed by atoms with Crippen molar-refractivity contribution in [2.45, 2.75) is 0 Å². The van der Waals surface area contributed by atoms with Crippen LogP contribution in [0.1, 0.15) is 0 Å². The van der Waals surface area contributed by atoms with Crippen molar-refractivity contribution < 1.29 is 15.0 Å². The Balaban J connectivity index is 1.48. The molecule has 1 saturated heterocycles. The third-order valence-corrected chi connectivity index (χ3v) is 5.13. The van der Waals surface area contributed by atoms with Gasteiger partial charge in [-0.2, -0.15) is 10.2 Å². The van der Waals surface area contributed by atoms with Gasteiger partial charge in [-0.25, -0.2) is 0 Å². The zero-order valence-electron chi connectivity index (χ0n) is 15.9. The standard InChI is InChI=1S/C22H22N4O3/c27-21-4-2-1-3-19(21)20-13-17(14-23-24-20)16-5-7-18(8-6-16)26-11-9-25(10-12-26)15-22(28)29/h1-8,13-14,27H,9-12,15H2,(H,28,29). The number of phenolic OH excluding ortho intramolecular Hbond substituents is 1. The SMILES string of the molecule is O=C(O)CN1CCN(c2ccc(-c3cnnc(-c4ccccc4O)c3)cc2)CC1. The van der Waals surface area contributed by atoms with Crippen LogP contribution >= 0.6 is 0 Å². The molecular weight excluding hydrogens is 368 g/mol. The van der Waals surface area contributed by atoms with Gasteiger partial charge in [0, 0.05) is 43.0 Å². The zero-order chi connectivity index (χ0) is 20.2. The highest BCUT2D eigenvalue weighted by Crippen LogP contribution is 2.30. The van der Waals surface area contributed by atoms with Gasteiger partial charge in [-0.1, -0.05) is 24.3 Å². The fraction of sp³-hybridized carbons (Fsp3) is 0.227. The van der Waals surface area contributed by atoms with Gasteiger partial charge in [0.1, 0.15) is 5.75 Å². The number of carbonyl (C=O) groups is 1. The van der Waals surface area contributed by atoms with E-state index in [1.807, 2.05) is 35.2 Å². The second-order valence-corrected chi connectivity index (χ2v) is 7.05. The van der Waals surface area contributed by atoms with Gasteiger partial charge in [0.2, 0.25) is 0 Å². The summed E-state index contributed by atoms with van der Waals surface area (Å²) in [6, 6.07) is 17.2. The lowest BCUT2D eigenvalue weighted by molar-refractivity contribution is -0.138. The fourth-order valence-corrected chi connectivity index (χ4v) is 3.57. The van der Waals surface area contributed by atoms with Crippen molar-refractivity contribution in [1.29, 1.82) is 0 Å². The number of aromatic nitrogens is 2. The second kappa shape index (κ2) is 8.28. The smallest absolute Gasteiger partial charge is 0.317 e. The number of phenols is 1. The molecule has 2 N–H and O–H groups in total. The van der Waals surface area contributed by atoms with Crippen LogP contribution in [-0.2, 0) is 4.79 Å². The molecular formula is C22H22N4O3. The van der Waals surface area contributed by atoms with Crippen LogP contribution in [0.2, 0.25) is 0 Å². The van der Waals surface area contributed by atoms with E-state index in [0.29, 0.717) is 11.3 Å². The lowest BCUT2D eigenvalue weighted by atomic mass is 10.0. The average Bonchev–Trinajstić information content (AvgIpc) is 2.74. The van der Waals surface area contributed by atoms with Crippen molar-refractivity contribution >= 4 is 11.7 Å². The summed E-state index contributed by atoms with van der Waals surface area (Å²) >= 11 is 0. The number of hydrogen-bond donors (Lipinski definition) is 2. The third kappa shape index (κ3) is 4.35. The van der Waals surface area contributed by atoms with Crippen molar-refractivity contribution in [2.75, 3.05) is 37.6 Å². The number of carboxylic acid groups (broad SMARTS) is 1. The molecule has 0 aliphatic carbocycles. The Hall–Kier alpha value is -3.45. The van der Waals surface area contributed by atoms with E-state index in [2.05, 4.69) is 27.2 Å². The first-order valence-corrected chi connectivity index (χ1v) is 9.51. The van der Waals surface area contributed by atoms with Crippen molar-refractivity contribution in [3.05, 3.63) is 60.8 Å². The number of hydrogen-bond acceptors (Lipinski definition) is 6. The number of piperazine rings is 1. The van der Waals surface area contributed by atoms with Crippen LogP contribution in [0.15, 0.2) is 60.8 Å². The summed E-state index contributed by atoms with van der Waals surface area (Å²) in [5.74, 6) is -0.603. The maximum Gasteiger partial charge on any atom is 0.317 e. The van der Waals surface area contributed by atoms with Crippen molar-refractivity contribution in [3.8, 4) is 28.1 Å². The van der Waals surface area contributed by atoms with Crippen molar-refractivity contribution in [3.63, 3.8) is 0 Å². The lowest BCUT2D eigenvalue weighted by Gasteiger charge is -2.35. The molecule has 0 unspecified atom stereocenters. The van der Waals surface area contributed by atoms with Gasteiger partial charge < -0.3 is 15.1 Å². The van der Waals surface area contributed by atoms with E-state index in [4.69, 9.17) is 5.11 Å². The molecule has 1 aliphatic rings. The zero-order valence-corrected chi connectivity index (χ0v) is 15.9. The minimum atomic E-state index is -0.781. The number of para-hydroxylation sites is 1. The van der Waals surface area contributed by atoms with Gasteiger partial charge in [-0.05, 0) is 35.9 Å². The van der Waals surface area contributed by atoms with Crippen LogP contribution in [0, 0.1) is 0 Å². The van der Waals surface area contributed by atoms with Crippen molar-refractivity contribution in [1.82, 2.24) is 15.1 Å². The Bertz CT molecular complexity index is 999. The fourth-order valence-electron chi connectivity index (χ4n) is 3.57. The van der Waals surface area contributed by atoms with Crippen LogP contribution in [0.25, 0.3) is 22.4 Å². The molecule has 1 aromatic heterocycles. The number of aliphatic carboxylic acids is 1. The third-order valence-electron chi connectivity index (χ3n) is 5.13. The Morgan fingerprint density at radius 2 is 1.69 bits per heavy atom. The van der Waals surface area contributed by atoms with Crippen LogP contribution in [-0.4, -0.2) is 64.0 Å². The molecule has 3 aromatic rings. The summed E-state index contributed by atoms with van der Waals surface area (Å²) in [7, 11) is 0. The first-order chi connectivity index (χ1) is 14.1. The summed E-state index contributed by atoms with van der Waals surface area (Å²) in [5.41, 5.74) is 4.34. The van der Waals surface area contributed by atoms with Gasteiger partial charge in [-0.3, -0.25) is 9.69 Å². The van der Waals surface area contributed by atoms with Crippen LogP contribution in [0.3, 0.4) is 0 Å².